The summed E-state index contributed by atoms with van der Waals surface area (Å²) in [6.07, 6.45) is 4.22. The van der Waals surface area contributed by atoms with E-state index in [0.29, 0.717) is 19.0 Å². The maximum absolute atomic E-state index is 11.5. The van der Waals surface area contributed by atoms with Crippen molar-refractivity contribution in [2.24, 2.45) is 11.7 Å². The van der Waals surface area contributed by atoms with Crippen molar-refractivity contribution < 1.29 is 4.79 Å². The van der Waals surface area contributed by atoms with E-state index in [2.05, 4.69) is 28.7 Å². The first-order chi connectivity index (χ1) is 7.60. The van der Waals surface area contributed by atoms with Crippen LogP contribution in [0, 0.1) is 5.92 Å². The molecular weight excluding hydrogens is 204 g/mol. The second-order valence-electron chi connectivity index (χ2n) is 4.14. The minimum absolute atomic E-state index is 0.0148. The van der Waals surface area contributed by atoms with E-state index >= 15 is 0 Å². The summed E-state index contributed by atoms with van der Waals surface area (Å²) in [5.74, 6) is -0.196. The number of amides is 1. The highest BCUT2D eigenvalue weighted by molar-refractivity contribution is 5.78. The summed E-state index contributed by atoms with van der Waals surface area (Å²) in [6, 6.07) is 0.348. The number of nitrogens with zero attached hydrogens (tertiary/aromatic N) is 2. The minimum Gasteiger partial charge on any atom is -0.359 e. The van der Waals surface area contributed by atoms with E-state index in [1.165, 1.54) is 0 Å². The molecule has 90 valence electrons. The average molecular weight is 224 g/mol. The molecule has 5 nitrogen and oxygen atoms in total. The van der Waals surface area contributed by atoms with E-state index < -0.39 is 0 Å². The van der Waals surface area contributed by atoms with Crippen molar-refractivity contribution in [3.05, 3.63) is 18.2 Å². The van der Waals surface area contributed by atoms with Crippen molar-refractivity contribution in [2.45, 2.75) is 26.3 Å². The topological polar surface area (TPSA) is 72.9 Å². The molecule has 3 N–H and O–H groups in total. The van der Waals surface area contributed by atoms with Crippen LogP contribution in [0.1, 0.15) is 25.6 Å². The van der Waals surface area contributed by atoms with Crippen LogP contribution in [0.25, 0.3) is 0 Å². The number of carbonyl (C=O) groups is 1. The van der Waals surface area contributed by atoms with Crippen molar-refractivity contribution in [3.8, 4) is 0 Å². The largest absolute Gasteiger partial charge is 0.359 e. The SMILES string of the molecule is CNC(=O)C(CN)Cc1cncn1C(C)C. The Balaban J connectivity index is 2.78. The summed E-state index contributed by atoms with van der Waals surface area (Å²) in [7, 11) is 1.63. The number of nitrogens with one attached hydrogen (secondary N) is 1. The average Bonchev–Trinajstić information content (AvgIpc) is 2.72. The summed E-state index contributed by atoms with van der Waals surface area (Å²) in [4.78, 5) is 15.6. The number of aromatic nitrogens is 2. The Bertz CT molecular complexity index is 346. The molecular formula is C11H20N4O. The Morgan fingerprint density at radius 2 is 2.31 bits per heavy atom. The molecule has 0 saturated heterocycles. The third kappa shape index (κ3) is 2.82. The van der Waals surface area contributed by atoms with E-state index in [1.807, 2.05) is 0 Å². The molecule has 0 aliphatic carbocycles. The Morgan fingerprint density at radius 3 is 2.81 bits per heavy atom. The Labute approximate surface area is 96.0 Å². The molecule has 1 heterocycles. The number of imidazole rings is 1. The molecule has 1 aromatic heterocycles. The Morgan fingerprint density at radius 1 is 1.62 bits per heavy atom. The van der Waals surface area contributed by atoms with Gasteiger partial charge in [-0.05, 0) is 13.8 Å². The summed E-state index contributed by atoms with van der Waals surface area (Å²) in [5.41, 5.74) is 6.65. The molecule has 0 aromatic carbocycles. The fourth-order valence-electron chi connectivity index (χ4n) is 1.69. The van der Waals surface area contributed by atoms with Crippen LogP contribution in [0.4, 0.5) is 0 Å². The lowest BCUT2D eigenvalue weighted by molar-refractivity contribution is -0.124. The third-order valence-corrected chi connectivity index (χ3v) is 2.66. The van der Waals surface area contributed by atoms with Crippen LogP contribution in [-0.4, -0.2) is 29.1 Å². The summed E-state index contributed by atoms with van der Waals surface area (Å²) < 4.78 is 2.06. The summed E-state index contributed by atoms with van der Waals surface area (Å²) >= 11 is 0. The molecule has 0 aliphatic heterocycles. The molecule has 0 spiro atoms. The van der Waals surface area contributed by atoms with Gasteiger partial charge in [-0.25, -0.2) is 4.98 Å². The van der Waals surface area contributed by atoms with Gasteiger partial charge in [0, 0.05) is 37.9 Å². The van der Waals surface area contributed by atoms with Crippen molar-refractivity contribution in [2.75, 3.05) is 13.6 Å². The van der Waals surface area contributed by atoms with Crippen LogP contribution in [0.15, 0.2) is 12.5 Å². The standard InChI is InChI=1S/C11H20N4O/c1-8(2)15-7-14-6-10(15)4-9(5-12)11(16)13-3/h6-9H,4-5,12H2,1-3H3,(H,13,16). The van der Waals surface area contributed by atoms with E-state index in [4.69, 9.17) is 5.73 Å². The van der Waals surface area contributed by atoms with Crippen LogP contribution in [0.5, 0.6) is 0 Å². The van der Waals surface area contributed by atoms with Gasteiger partial charge in [-0.1, -0.05) is 0 Å². The van der Waals surface area contributed by atoms with Gasteiger partial charge in [0.05, 0.1) is 12.2 Å². The molecule has 0 aliphatic rings. The van der Waals surface area contributed by atoms with Crippen molar-refractivity contribution in [1.29, 1.82) is 0 Å². The van der Waals surface area contributed by atoms with Crippen molar-refractivity contribution in [3.63, 3.8) is 0 Å². The molecule has 1 rings (SSSR count). The molecule has 1 atom stereocenters. The van der Waals surface area contributed by atoms with Crippen LogP contribution in [0.3, 0.4) is 0 Å². The summed E-state index contributed by atoms with van der Waals surface area (Å²) in [6.45, 7) is 4.52. The van der Waals surface area contributed by atoms with Crippen molar-refractivity contribution >= 4 is 5.91 Å². The quantitative estimate of drug-likeness (QED) is 0.757. The summed E-state index contributed by atoms with van der Waals surface area (Å²) in [5, 5.41) is 2.63. The minimum atomic E-state index is -0.181. The van der Waals surface area contributed by atoms with Gasteiger partial charge in [-0.15, -0.1) is 0 Å². The molecule has 0 bridgehead atoms. The fourth-order valence-corrected chi connectivity index (χ4v) is 1.69. The highest BCUT2D eigenvalue weighted by Crippen LogP contribution is 2.13. The van der Waals surface area contributed by atoms with E-state index in [1.54, 1.807) is 19.6 Å². The van der Waals surface area contributed by atoms with Gasteiger partial charge in [0.1, 0.15) is 0 Å². The number of rotatable bonds is 5. The fraction of sp³-hybridized carbons (Fsp3) is 0.636. The molecule has 1 unspecified atom stereocenters. The van der Waals surface area contributed by atoms with Crippen LogP contribution < -0.4 is 11.1 Å². The number of nitrogens with two attached hydrogens (primary N) is 1. The van der Waals surface area contributed by atoms with Crippen LogP contribution >= 0.6 is 0 Å². The smallest absolute Gasteiger partial charge is 0.224 e. The molecule has 0 saturated carbocycles. The lowest BCUT2D eigenvalue weighted by Crippen LogP contribution is -2.34. The molecule has 16 heavy (non-hydrogen) atoms. The van der Waals surface area contributed by atoms with E-state index in [-0.39, 0.29) is 11.8 Å². The molecule has 5 heteroatoms. The highest BCUT2D eigenvalue weighted by atomic mass is 16.1. The second-order valence-corrected chi connectivity index (χ2v) is 4.14. The first-order valence-corrected chi connectivity index (χ1v) is 5.52. The maximum Gasteiger partial charge on any atom is 0.224 e. The Hall–Kier alpha value is -1.36. The third-order valence-electron chi connectivity index (χ3n) is 2.66. The molecule has 0 fully saturated rings. The lowest BCUT2D eigenvalue weighted by atomic mass is 10.0. The maximum atomic E-state index is 11.5. The van der Waals surface area contributed by atoms with Crippen LogP contribution in [0.2, 0.25) is 0 Å². The number of carbonyl (C=O) groups excluding carboxylic acids is 1. The first-order valence-electron chi connectivity index (χ1n) is 5.52. The van der Waals surface area contributed by atoms with Gasteiger partial charge >= 0.3 is 0 Å². The number of hydrogen-bond donors (Lipinski definition) is 2. The van der Waals surface area contributed by atoms with Gasteiger partial charge < -0.3 is 15.6 Å². The Kier molecular flexibility index (Phi) is 4.49. The van der Waals surface area contributed by atoms with E-state index in [0.717, 1.165) is 5.69 Å². The predicted octanol–water partition coefficient (Wildman–Crippen LogP) is 0.327. The highest BCUT2D eigenvalue weighted by Gasteiger charge is 2.18. The molecule has 1 aromatic rings. The van der Waals surface area contributed by atoms with E-state index in [9.17, 15) is 4.79 Å². The van der Waals surface area contributed by atoms with Crippen LogP contribution in [-0.2, 0) is 11.2 Å². The van der Waals surface area contributed by atoms with Gasteiger partial charge in [-0.2, -0.15) is 0 Å². The van der Waals surface area contributed by atoms with Crippen molar-refractivity contribution in [1.82, 2.24) is 14.9 Å². The lowest BCUT2D eigenvalue weighted by Gasteiger charge is -2.16. The van der Waals surface area contributed by atoms with Gasteiger partial charge in [0.25, 0.3) is 0 Å². The van der Waals surface area contributed by atoms with Gasteiger partial charge in [0.15, 0.2) is 0 Å². The number of hydrogen-bond acceptors (Lipinski definition) is 3. The monoisotopic (exact) mass is 224 g/mol. The zero-order chi connectivity index (χ0) is 12.1. The predicted molar refractivity (Wildman–Crippen MR) is 62.9 cm³/mol. The zero-order valence-corrected chi connectivity index (χ0v) is 10.1. The van der Waals surface area contributed by atoms with Gasteiger partial charge in [0.2, 0.25) is 5.91 Å². The second kappa shape index (κ2) is 5.65. The van der Waals surface area contributed by atoms with Gasteiger partial charge in [-0.3, -0.25) is 4.79 Å². The first kappa shape index (κ1) is 12.7. The normalized spacial score (nSPS) is 12.8. The molecule has 0 radical (unpaired) electrons. The molecule has 1 amide bonds. The zero-order valence-electron chi connectivity index (χ0n) is 10.1.